The molecule has 0 amide bonds. The van der Waals surface area contributed by atoms with E-state index < -0.39 is 28.9 Å². The monoisotopic (exact) mass is 224 g/mol. The van der Waals surface area contributed by atoms with E-state index in [1.807, 2.05) is 0 Å². The van der Waals surface area contributed by atoms with E-state index in [1.165, 1.54) is 6.07 Å². The zero-order valence-electron chi connectivity index (χ0n) is 8.50. The molecular weight excluding hydrogens is 214 g/mol. The highest BCUT2D eigenvalue weighted by Gasteiger charge is 2.31. The Kier molecular flexibility index (Phi) is 2.81. The number of carbonyl (C=O) groups is 2. The number of hydrogen-bond donors (Lipinski definition) is 0. The molecule has 0 heterocycles. The molecule has 1 saturated carbocycles. The van der Waals surface area contributed by atoms with Crippen molar-refractivity contribution in [3.8, 4) is 0 Å². The van der Waals surface area contributed by atoms with Gasteiger partial charge in [0.15, 0.2) is 5.78 Å². The van der Waals surface area contributed by atoms with Gasteiger partial charge in [0.2, 0.25) is 0 Å². The van der Waals surface area contributed by atoms with Crippen molar-refractivity contribution in [2.75, 3.05) is 0 Å². The molecular formula is C12H10F2O2. The van der Waals surface area contributed by atoms with Crippen molar-refractivity contribution in [3.05, 3.63) is 35.4 Å². The number of rotatable bonds is 2. The van der Waals surface area contributed by atoms with Gasteiger partial charge < -0.3 is 0 Å². The summed E-state index contributed by atoms with van der Waals surface area (Å²) in [5.74, 6) is -2.89. The molecule has 84 valence electrons. The van der Waals surface area contributed by atoms with Crippen molar-refractivity contribution in [3.63, 3.8) is 0 Å². The Bertz CT molecular complexity index is 434. The number of halogens is 2. The first-order valence-electron chi connectivity index (χ1n) is 5.09. The molecule has 1 atom stereocenters. The zero-order valence-corrected chi connectivity index (χ0v) is 8.50. The van der Waals surface area contributed by atoms with E-state index in [0.29, 0.717) is 12.8 Å². The zero-order chi connectivity index (χ0) is 11.7. The summed E-state index contributed by atoms with van der Waals surface area (Å²) in [6.07, 6.45) is 0.824. The van der Waals surface area contributed by atoms with Crippen LogP contribution in [0.4, 0.5) is 8.78 Å². The fourth-order valence-electron chi connectivity index (χ4n) is 1.98. The van der Waals surface area contributed by atoms with Crippen LogP contribution >= 0.6 is 0 Å². The highest BCUT2D eigenvalue weighted by Crippen LogP contribution is 2.27. The van der Waals surface area contributed by atoms with Gasteiger partial charge in [0, 0.05) is 18.8 Å². The second-order valence-electron chi connectivity index (χ2n) is 3.94. The molecule has 0 radical (unpaired) electrons. The summed E-state index contributed by atoms with van der Waals surface area (Å²) in [6, 6.07) is 3.31. The quantitative estimate of drug-likeness (QED) is 0.723. The molecule has 1 aromatic rings. The van der Waals surface area contributed by atoms with Gasteiger partial charge in [0.25, 0.3) is 0 Å². The number of benzene rings is 1. The third kappa shape index (κ3) is 1.87. The molecule has 0 saturated heterocycles. The first-order valence-corrected chi connectivity index (χ1v) is 5.09. The van der Waals surface area contributed by atoms with Gasteiger partial charge in [-0.25, -0.2) is 8.78 Å². The van der Waals surface area contributed by atoms with Crippen molar-refractivity contribution in [1.82, 2.24) is 0 Å². The number of hydrogen-bond acceptors (Lipinski definition) is 2. The largest absolute Gasteiger partial charge is 0.300 e. The van der Waals surface area contributed by atoms with Crippen LogP contribution in [0.2, 0.25) is 0 Å². The maximum absolute atomic E-state index is 13.3. The predicted octanol–water partition coefficient (Wildman–Crippen LogP) is 2.52. The van der Waals surface area contributed by atoms with Crippen molar-refractivity contribution < 1.29 is 18.4 Å². The van der Waals surface area contributed by atoms with E-state index in [4.69, 9.17) is 0 Å². The van der Waals surface area contributed by atoms with Crippen LogP contribution < -0.4 is 0 Å². The van der Waals surface area contributed by atoms with E-state index in [2.05, 4.69) is 0 Å². The third-order valence-electron chi connectivity index (χ3n) is 2.83. The molecule has 2 nitrogen and oxygen atoms in total. The van der Waals surface area contributed by atoms with Gasteiger partial charge in [0.1, 0.15) is 17.4 Å². The lowest BCUT2D eigenvalue weighted by Gasteiger charge is -2.08. The van der Waals surface area contributed by atoms with Crippen LogP contribution in [0.25, 0.3) is 0 Å². The molecule has 16 heavy (non-hydrogen) atoms. The lowest BCUT2D eigenvalue weighted by Crippen LogP contribution is -2.15. The van der Waals surface area contributed by atoms with Crippen molar-refractivity contribution in [1.29, 1.82) is 0 Å². The third-order valence-corrected chi connectivity index (χ3v) is 2.83. The SMILES string of the molecule is O=C1CCC(C(=O)c2c(F)cccc2F)C1. The Hall–Kier alpha value is -1.58. The van der Waals surface area contributed by atoms with Gasteiger partial charge in [0.05, 0.1) is 5.56 Å². The lowest BCUT2D eigenvalue weighted by atomic mass is 9.95. The minimum absolute atomic E-state index is 0.0184. The standard InChI is InChI=1S/C12H10F2O2/c13-9-2-1-3-10(14)11(9)12(16)7-4-5-8(15)6-7/h1-3,7H,4-6H2. The minimum Gasteiger partial charge on any atom is -0.300 e. The van der Waals surface area contributed by atoms with Crippen LogP contribution in [0, 0.1) is 17.6 Å². The molecule has 1 aromatic carbocycles. The van der Waals surface area contributed by atoms with Crippen molar-refractivity contribution in [2.24, 2.45) is 5.92 Å². The predicted molar refractivity (Wildman–Crippen MR) is 53.0 cm³/mol. The van der Waals surface area contributed by atoms with Gasteiger partial charge in [-0.15, -0.1) is 0 Å². The van der Waals surface area contributed by atoms with Crippen LogP contribution in [0.3, 0.4) is 0 Å². The number of carbonyl (C=O) groups excluding carboxylic acids is 2. The molecule has 0 spiro atoms. The summed E-state index contributed by atoms with van der Waals surface area (Å²) < 4.78 is 26.6. The van der Waals surface area contributed by atoms with E-state index in [0.717, 1.165) is 12.1 Å². The Morgan fingerprint density at radius 1 is 1.25 bits per heavy atom. The van der Waals surface area contributed by atoms with Crippen molar-refractivity contribution >= 4 is 11.6 Å². The van der Waals surface area contributed by atoms with Crippen LogP contribution in [0.5, 0.6) is 0 Å². The van der Waals surface area contributed by atoms with Crippen LogP contribution in [-0.2, 0) is 4.79 Å². The summed E-state index contributed by atoms with van der Waals surface area (Å²) in [5, 5.41) is 0. The Balaban J connectivity index is 2.31. The first kappa shape index (κ1) is 10.9. The van der Waals surface area contributed by atoms with Gasteiger partial charge >= 0.3 is 0 Å². The van der Waals surface area contributed by atoms with E-state index >= 15 is 0 Å². The molecule has 0 aliphatic heterocycles. The number of Topliss-reactive ketones (excluding diaryl/α,β-unsaturated/α-hetero) is 2. The maximum Gasteiger partial charge on any atom is 0.172 e. The topological polar surface area (TPSA) is 34.1 Å². The molecule has 0 aromatic heterocycles. The fraction of sp³-hybridized carbons (Fsp3) is 0.333. The van der Waals surface area contributed by atoms with Gasteiger partial charge in [-0.1, -0.05) is 6.07 Å². The summed E-state index contributed by atoms with van der Waals surface area (Å²) >= 11 is 0. The summed E-state index contributed by atoms with van der Waals surface area (Å²) in [5.41, 5.74) is -0.512. The van der Waals surface area contributed by atoms with Gasteiger partial charge in [-0.3, -0.25) is 9.59 Å². The molecule has 0 N–H and O–H groups in total. The maximum atomic E-state index is 13.3. The van der Waals surface area contributed by atoms with Crippen molar-refractivity contribution in [2.45, 2.75) is 19.3 Å². The van der Waals surface area contributed by atoms with Gasteiger partial charge in [-0.2, -0.15) is 0 Å². The summed E-state index contributed by atoms with van der Waals surface area (Å²) in [4.78, 5) is 22.8. The Morgan fingerprint density at radius 2 is 1.88 bits per heavy atom. The second kappa shape index (κ2) is 4.12. The molecule has 1 aliphatic carbocycles. The summed E-state index contributed by atoms with van der Waals surface area (Å²) in [7, 11) is 0. The van der Waals surface area contributed by atoms with Crippen LogP contribution in [0.1, 0.15) is 29.6 Å². The van der Waals surface area contributed by atoms with E-state index in [-0.39, 0.29) is 12.2 Å². The van der Waals surface area contributed by atoms with Gasteiger partial charge in [-0.05, 0) is 18.6 Å². The van der Waals surface area contributed by atoms with E-state index in [9.17, 15) is 18.4 Å². The summed E-state index contributed by atoms with van der Waals surface area (Å²) in [6.45, 7) is 0. The highest BCUT2D eigenvalue weighted by molar-refractivity contribution is 6.01. The average Bonchev–Trinajstić information content (AvgIpc) is 2.64. The number of ketones is 2. The first-order chi connectivity index (χ1) is 7.59. The lowest BCUT2D eigenvalue weighted by molar-refractivity contribution is -0.117. The molecule has 1 aliphatic rings. The molecule has 2 rings (SSSR count). The fourth-order valence-corrected chi connectivity index (χ4v) is 1.98. The average molecular weight is 224 g/mol. The van der Waals surface area contributed by atoms with Crippen LogP contribution in [0.15, 0.2) is 18.2 Å². The smallest absolute Gasteiger partial charge is 0.172 e. The molecule has 0 bridgehead atoms. The Labute approximate surface area is 91.3 Å². The normalized spacial score (nSPS) is 20.1. The van der Waals surface area contributed by atoms with E-state index in [1.54, 1.807) is 0 Å². The minimum atomic E-state index is -0.857. The Morgan fingerprint density at radius 3 is 2.38 bits per heavy atom. The molecule has 4 heteroatoms. The van der Waals surface area contributed by atoms with Crippen LogP contribution in [-0.4, -0.2) is 11.6 Å². The molecule has 1 fully saturated rings. The molecule has 1 unspecified atom stereocenters. The highest BCUT2D eigenvalue weighted by atomic mass is 19.1. The second-order valence-corrected chi connectivity index (χ2v) is 3.94.